The van der Waals surface area contributed by atoms with Crippen molar-refractivity contribution in [2.75, 3.05) is 19.8 Å². The molecule has 0 aromatic heterocycles. The molecule has 29 heavy (non-hydrogen) atoms. The summed E-state index contributed by atoms with van der Waals surface area (Å²) >= 11 is 0. The molecule has 0 saturated carbocycles. The Morgan fingerprint density at radius 3 is 2.10 bits per heavy atom. The summed E-state index contributed by atoms with van der Waals surface area (Å²) in [5, 5.41) is 5.51. The van der Waals surface area contributed by atoms with E-state index in [9.17, 15) is 9.59 Å². The maximum atomic E-state index is 12.1. The van der Waals surface area contributed by atoms with Crippen molar-refractivity contribution in [3.05, 3.63) is 59.7 Å². The first-order valence-electron chi connectivity index (χ1n) is 9.64. The van der Waals surface area contributed by atoms with Crippen LogP contribution in [-0.2, 0) is 11.3 Å². The van der Waals surface area contributed by atoms with Gasteiger partial charge in [-0.05, 0) is 62.7 Å². The van der Waals surface area contributed by atoms with E-state index < -0.39 is 5.97 Å². The molecule has 156 valence electrons. The van der Waals surface area contributed by atoms with Gasteiger partial charge in [-0.1, -0.05) is 12.1 Å². The van der Waals surface area contributed by atoms with Gasteiger partial charge in [0.25, 0.3) is 0 Å². The van der Waals surface area contributed by atoms with Crippen LogP contribution in [0, 0.1) is 0 Å². The summed E-state index contributed by atoms with van der Waals surface area (Å²) in [5.41, 5.74) is 1.33. The molecule has 2 amide bonds. The molecule has 0 aliphatic rings. The predicted molar refractivity (Wildman–Crippen MR) is 110 cm³/mol. The van der Waals surface area contributed by atoms with Crippen LogP contribution in [0.4, 0.5) is 4.79 Å². The molecule has 2 aromatic carbocycles. The van der Waals surface area contributed by atoms with Crippen LogP contribution in [0.1, 0.15) is 36.7 Å². The SMILES string of the molecule is CCOc1ccc(OCCOC(=O)c2ccc(CNC(=O)NC(C)C)cc2)cc1. The highest BCUT2D eigenvalue weighted by Gasteiger charge is 2.08. The Morgan fingerprint density at radius 1 is 0.897 bits per heavy atom. The summed E-state index contributed by atoms with van der Waals surface area (Å²) in [6, 6.07) is 14.0. The average Bonchev–Trinajstić information content (AvgIpc) is 2.71. The number of amides is 2. The lowest BCUT2D eigenvalue weighted by Crippen LogP contribution is -2.39. The Hall–Kier alpha value is -3.22. The first-order valence-corrected chi connectivity index (χ1v) is 9.64. The fourth-order valence-electron chi connectivity index (χ4n) is 2.43. The van der Waals surface area contributed by atoms with Crippen LogP contribution in [0.25, 0.3) is 0 Å². The van der Waals surface area contributed by atoms with Crippen molar-refractivity contribution >= 4 is 12.0 Å². The van der Waals surface area contributed by atoms with Gasteiger partial charge >= 0.3 is 12.0 Å². The van der Waals surface area contributed by atoms with E-state index >= 15 is 0 Å². The maximum Gasteiger partial charge on any atom is 0.338 e. The van der Waals surface area contributed by atoms with Crippen LogP contribution >= 0.6 is 0 Å². The lowest BCUT2D eigenvalue weighted by atomic mass is 10.1. The number of urea groups is 1. The molecule has 0 aliphatic heterocycles. The van der Waals surface area contributed by atoms with Crippen molar-refractivity contribution in [1.29, 1.82) is 0 Å². The Labute approximate surface area is 171 Å². The number of carbonyl (C=O) groups excluding carboxylic acids is 2. The van der Waals surface area contributed by atoms with E-state index in [2.05, 4.69) is 10.6 Å². The van der Waals surface area contributed by atoms with E-state index in [4.69, 9.17) is 14.2 Å². The molecule has 0 bridgehead atoms. The number of esters is 1. The Balaban J connectivity index is 1.70. The molecule has 0 unspecified atom stereocenters. The second-order valence-electron chi connectivity index (χ2n) is 6.57. The number of rotatable bonds is 10. The quantitative estimate of drug-likeness (QED) is 0.471. The van der Waals surface area contributed by atoms with Crippen LogP contribution in [0.3, 0.4) is 0 Å². The third-order valence-electron chi connectivity index (χ3n) is 3.78. The Kier molecular flexibility index (Phi) is 8.82. The maximum absolute atomic E-state index is 12.1. The molecule has 2 aromatic rings. The van der Waals surface area contributed by atoms with Crippen molar-refractivity contribution in [3.63, 3.8) is 0 Å². The number of hydrogen-bond acceptors (Lipinski definition) is 5. The second kappa shape index (κ2) is 11.6. The van der Waals surface area contributed by atoms with Crippen LogP contribution < -0.4 is 20.1 Å². The highest BCUT2D eigenvalue weighted by atomic mass is 16.6. The molecule has 2 N–H and O–H groups in total. The number of benzene rings is 2. The monoisotopic (exact) mass is 400 g/mol. The largest absolute Gasteiger partial charge is 0.494 e. The minimum Gasteiger partial charge on any atom is -0.494 e. The molecule has 0 heterocycles. The molecule has 7 heteroatoms. The van der Waals surface area contributed by atoms with E-state index in [0.717, 1.165) is 11.3 Å². The fourth-order valence-corrected chi connectivity index (χ4v) is 2.43. The zero-order chi connectivity index (χ0) is 21.1. The summed E-state index contributed by atoms with van der Waals surface area (Å²) in [5.74, 6) is 1.05. The van der Waals surface area contributed by atoms with Crippen LogP contribution in [-0.4, -0.2) is 37.9 Å². The highest BCUT2D eigenvalue weighted by Crippen LogP contribution is 2.17. The summed E-state index contributed by atoms with van der Waals surface area (Å²) in [4.78, 5) is 23.7. The number of ether oxygens (including phenoxy) is 3. The molecule has 7 nitrogen and oxygen atoms in total. The lowest BCUT2D eigenvalue weighted by molar-refractivity contribution is 0.0450. The number of carbonyl (C=O) groups is 2. The predicted octanol–water partition coefficient (Wildman–Crippen LogP) is 3.53. The van der Waals surface area contributed by atoms with Gasteiger partial charge in [-0.15, -0.1) is 0 Å². The first-order chi connectivity index (χ1) is 14.0. The Bertz CT molecular complexity index is 773. The van der Waals surface area contributed by atoms with Gasteiger partial charge < -0.3 is 24.8 Å². The summed E-state index contributed by atoms with van der Waals surface area (Å²) in [6.07, 6.45) is 0. The average molecular weight is 400 g/mol. The number of nitrogens with one attached hydrogen (secondary N) is 2. The van der Waals surface area contributed by atoms with E-state index in [0.29, 0.717) is 24.5 Å². The van der Waals surface area contributed by atoms with Crippen molar-refractivity contribution in [2.45, 2.75) is 33.4 Å². The minimum absolute atomic E-state index is 0.0746. The van der Waals surface area contributed by atoms with Gasteiger partial charge in [0.15, 0.2) is 0 Å². The second-order valence-corrected chi connectivity index (χ2v) is 6.57. The molecular weight excluding hydrogens is 372 g/mol. The topological polar surface area (TPSA) is 85.9 Å². The van der Waals surface area contributed by atoms with E-state index in [1.807, 2.05) is 32.9 Å². The van der Waals surface area contributed by atoms with E-state index in [1.54, 1.807) is 36.4 Å². The van der Waals surface area contributed by atoms with Crippen molar-refractivity contribution < 1.29 is 23.8 Å². The van der Waals surface area contributed by atoms with E-state index in [-0.39, 0.29) is 25.3 Å². The van der Waals surface area contributed by atoms with Gasteiger partial charge in [0, 0.05) is 12.6 Å². The lowest BCUT2D eigenvalue weighted by Gasteiger charge is -2.10. The molecule has 0 saturated heterocycles. The number of hydrogen-bond donors (Lipinski definition) is 2. The third-order valence-corrected chi connectivity index (χ3v) is 3.78. The van der Waals surface area contributed by atoms with Crippen LogP contribution in [0.15, 0.2) is 48.5 Å². The Morgan fingerprint density at radius 2 is 1.52 bits per heavy atom. The molecule has 0 radical (unpaired) electrons. The molecule has 0 spiro atoms. The van der Waals surface area contributed by atoms with Gasteiger partial charge in [-0.2, -0.15) is 0 Å². The highest BCUT2D eigenvalue weighted by molar-refractivity contribution is 5.89. The van der Waals surface area contributed by atoms with Crippen LogP contribution in [0.5, 0.6) is 11.5 Å². The minimum atomic E-state index is -0.419. The zero-order valence-corrected chi connectivity index (χ0v) is 17.1. The molecular formula is C22H28N2O5. The van der Waals surface area contributed by atoms with Crippen molar-refractivity contribution in [3.8, 4) is 11.5 Å². The van der Waals surface area contributed by atoms with Crippen molar-refractivity contribution in [1.82, 2.24) is 10.6 Å². The normalized spacial score (nSPS) is 10.3. The van der Waals surface area contributed by atoms with Crippen LogP contribution in [0.2, 0.25) is 0 Å². The summed E-state index contributed by atoms with van der Waals surface area (Å²) < 4.78 is 16.1. The standard InChI is InChI=1S/C22H28N2O5/c1-4-27-19-9-11-20(12-10-19)28-13-14-29-21(25)18-7-5-17(6-8-18)15-23-22(26)24-16(2)3/h5-12,16H,4,13-15H2,1-3H3,(H2,23,24,26). The first kappa shape index (κ1) is 22.1. The molecule has 0 fully saturated rings. The third kappa shape index (κ3) is 8.13. The zero-order valence-electron chi connectivity index (χ0n) is 17.1. The van der Waals surface area contributed by atoms with Gasteiger partial charge in [0.05, 0.1) is 12.2 Å². The van der Waals surface area contributed by atoms with Gasteiger partial charge in [0.2, 0.25) is 0 Å². The molecule has 0 atom stereocenters. The van der Waals surface area contributed by atoms with Gasteiger partial charge in [-0.25, -0.2) is 9.59 Å². The summed E-state index contributed by atoms with van der Waals surface area (Å²) in [6.45, 7) is 7.10. The van der Waals surface area contributed by atoms with Gasteiger partial charge in [0.1, 0.15) is 24.7 Å². The molecule has 2 rings (SSSR count). The fraction of sp³-hybridized carbons (Fsp3) is 0.364. The van der Waals surface area contributed by atoms with Gasteiger partial charge in [-0.3, -0.25) is 0 Å². The molecule has 0 aliphatic carbocycles. The summed E-state index contributed by atoms with van der Waals surface area (Å²) in [7, 11) is 0. The van der Waals surface area contributed by atoms with E-state index in [1.165, 1.54) is 0 Å². The smallest absolute Gasteiger partial charge is 0.338 e. The van der Waals surface area contributed by atoms with Crippen molar-refractivity contribution in [2.24, 2.45) is 0 Å².